The maximum atomic E-state index is 11.5. The Morgan fingerprint density at radius 2 is 2.00 bits per heavy atom. The molecule has 0 rings (SSSR count). The lowest BCUT2D eigenvalue weighted by atomic mass is 9.87. The maximum Gasteiger partial charge on any atom is 0.326 e. The van der Waals surface area contributed by atoms with Crippen LogP contribution in [0.5, 0.6) is 0 Å². The molecule has 0 bridgehead atoms. The van der Waals surface area contributed by atoms with E-state index in [0.29, 0.717) is 19.8 Å². The second-order valence-corrected chi connectivity index (χ2v) is 5.23. The maximum absolute atomic E-state index is 11.5. The van der Waals surface area contributed by atoms with Gasteiger partial charge in [-0.25, -0.2) is 9.59 Å². The van der Waals surface area contributed by atoms with E-state index in [0.717, 1.165) is 6.42 Å². The Hall–Kier alpha value is -1.56. The van der Waals surface area contributed by atoms with Gasteiger partial charge in [0.05, 0.1) is 13.2 Å². The van der Waals surface area contributed by atoms with Crippen molar-refractivity contribution in [3.8, 4) is 0 Å². The molecule has 0 fully saturated rings. The number of hydrogen-bond donors (Lipinski definition) is 3. The Morgan fingerprint density at radius 1 is 1.37 bits per heavy atom. The highest BCUT2D eigenvalue weighted by Crippen LogP contribution is 2.19. The van der Waals surface area contributed by atoms with E-state index in [1.165, 1.54) is 0 Å². The number of amides is 2. The first kappa shape index (κ1) is 17.4. The van der Waals surface area contributed by atoms with Crippen LogP contribution in [0.1, 0.15) is 27.2 Å². The van der Waals surface area contributed by atoms with E-state index < -0.39 is 23.5 Å². The summed E-state index contributed by atoms with van der Waals surface area (Å²) < 4.78 is 5.21. The topological polar surface area (TPSA) is 87.7 Å². The molecule has 110 valence electrons. The molecule has 0 saturated heterocycles. The lowest BCUT2D eigenvalue weighted by Crippen LogP contribution is -2.52. The van der Waals surface area contributed by atoms with Gasteiger partial charge in [-0.2, -0.15) is 0 Å². The fraction of sp³-hybridized carbons (Fsp3) is 0.692. The quantitative estimate of drug-likeness (QED) is 0.460. The third-order valence-electron chi connectivity index (χ3n) is 2.39. The summed E-state index contributed by atoms with van der Waals surface area (Å²) in [6.07, 6.45) is 2.51. The average molecular weight is 272 g/mol. The van der Waals surface area contributed by atoms with Gasteiger partial charge in [-0.1, -0.05) is 26.8 Å². The van der Waals surface area contributed by atoms with Crippen LogP contribution in [0.25, 0.3) is 0 Å². The lowest BCUT2D eigenvalue weighted by Gasteiger charge is -2.27. The number of nitrogens with one attached hydrogen (secondary N) is 2. The van der Waals surface area contributed by atoms with E-state index in [1.807, 2.05) is 0 Å². The van der Waals surface area contributed by atoms with Crippen LogP contribution in [0.3, 0.4) is 0 Å². The fourth-order valence-electron chi connectivity index (χ4n) is 1.34. The Bertz CT molecular complexity index is 310. The molecule has 6 heteroatoms. The van der Waals surface area contributed by atoms with Crippen LogP contribution >= 0.6 is 0 Å². The molecule has 0 aromatic rings. The predicted octanol–water partition coefficient (Wildman–Crippen LogP) is 1.38. The molecule has 1 atom stereocenters. The lowest BCUT2D eigenvalue weighted by molar-refractivity contribution is -0.141. The first-order valence-corrected chi connectivity index (χ1v) is 6.25. The van der Waals surface area contributed by atoms with Crippen molar-refractivity contribution in [3.63, 3.8) is 0 Å². The summed E-state index contributed by atoms with van der Waals surface area (Å²) in [4.78, 5) is 22.6. The van der Waals surface area contributed by atoms with Crippen molar-refractivity contribution >= 4 is 12.0 Å². The second-order valence-electron chi connectivity index (χ2n) is 5.23. The average Bonchev–Trinajstić information content (AvgIpc) is 2.28. The highest BCUT2D eigenvalue weighted by molar-refractivity contribution is 5.83. The number of carboxylic acids is 1. The standard InChI is InChI=1S/C13H24N2O4/c1-5-6-8-19-9-7-14-12(18)15-10(11(16)17)13(2,3)4/h5,10H,1,6-9H2,2-4H3,(H,16,17)(H2,14,15,18). The largest absolute Gasteiger partial charge is 0.480 e. The molecular weight excluding hydrogens is 248 g/mol. The molecule has 3 N–H and O–H groups in total. The van der Waals surface area contributed by atoms with Crippen LogP contribution in [0.2, 0.25) is 0 Å². The van der Waals surface area contributed by atoms with Gasteiger partial charge >= 0.3 is 12.0 Å². The van der Waals surface area contributed by atoms with E-state index in [-0.39, 0.29) is 0 Å². The highest BCUT2D eigenvalue weighted by atomic mass is 16.5. The Labute approximate surface area is 114 Å². The highest BCUT2D eigenvalue weighted by Gasteiger charge is 2.32. The number of carbonyl (C=O) groups excluding carboxylic acids is 1. The molecule has 0 radical (unpaired) electrons. The van der Waals surface area contributed by atoms with Gasteiger partial charge in [-0.15, -0.1) is 6.58 Å². The minimum Gasteiger partial charge on any atom is -0.480 e. The third-order valence-corrected chi connectivity index (χ3v) is 2.39. The summed E-state index contributed by atoms with van der Waals surface area (Å²) in [5.41, 5.74) is -0.552. The van der Waals surface area contributed by atoms with Crippen molar-refractivity contribution in [2.45, 2.75) is 33.2 Å². The van der Waals surface area contributed by atoms with E-state index in [9.17, 15) is 9.59 Å². The van der Waals surface area contributed by atoms with Gasteiger partial charge in [0.1, 0.15) is 6.04 Å². The molecule has 2 amide bonds. The van der Waals surface area contributed by atoms with Gasteiger partial charge in [0.2, 0.25) is 0 Å². The Kier molecular flexibility index (Phi) is 7.83. The first-order valence-electron chi connectivity index (χ1n) is 6.25. The summed E-state index contributed by atoms with van der Waals surface area (Å²) in [5.74, 6) is -1.05. The van der Waals surface area contributed by atoms with Crippen molar-refractivity contribution in [1.29, 1.82) is 0 Å². The minimum atomic E-state index is -1.05. The Morgan fingerprint density at radius 3 is 2.47 bits per heavy atom. The normalized spacial score (nSPS) is 12.6. The molecule has 0 heterocycles. The smallest absolute Gasteiger partial charge is 0.326 e. The summed E-state index contributed by atoms with van der Waals surface area (Å²) in [6.45, 7) is 10.1. The molecular formula is C13H24N2O4. The fourth-order valence-corrected chi connectivity index (χ4v) is 1.34. The second kappa shape index (κ2) is 8.53. The molecule has 6 nitrogen and oxygen atoms in total. The molecule has 0 aromatic carbocycles. The number of hydrogen-bond acceptors (Lipinski definition) is 3. The summed E-state index contributed by atoms with van der Waals surface area (Å²) in [5, 5.41) is 14.0. The van der Waals surface area contributed by atoms with Crippen molar-refractivity contribution in [2.75, 3.05) is 19.8 Å². The summed E-state index contributed by atoms with van der Waals surface area (Å²) in [6, 6.07) is -1.44. The SMILES string of the molecule is C=CCCOCCNC(=O)NC(C(=O)O)C(C)(C)C. The zero-order valence-electron chi connectivity index (χ0n) is 11.9. The van der Waals surface area contributed by atoms with E-state index in [1.54, 1.807) is 26.8 Å². The van der Waals surface area contributed by atoms with Gasteiger partial charge in [0.15, 0.2) is 0 Å². The molecule has 0 aliphatic heterocycles. The number of carbonyl (C=O) groups is 2. The summed E-state index contributed by atoms with van der Waals surface area (Å²) in [7, 11) is 0. The molecule has 19 heavy (non-hydrogen) atoms. The molecule has 0 spiro atoms. The van der Waals surface area contributed by atoms with Crippen molar-refractivity contribution < 1.29 is 19.4 Å². The predicted molar refractivity (Wildman–Crippen MR) is 73.0 cm³/mol. The van der Waals surface area contributed by atoms with Crippen molar-refractivity contribution in [3.05, 3.63) is 12.7 Å². The monoisotopic (exact) mass is 272 g/mol. The number of ether oxygens (including phenoxy) is 1. The van der Waals surface area contributed by atoms with Gasteiger partial charge in [-0.05, 0) is 11.8 Å². The minimum absolute atomic E-state index is 0.333. The van der Waals surface area contributed by atoms with Gasteiger partial charge in [0.25, 0.3) is 0 Å². The third kappa shape index (κ3) is 8.20. The number of carboxylic acid groups (broad SMARTS) is 1. The molecule has 0 aliphatic rings. The van der Waals surface area contributed by atoms with E-state index in [4.69, 9.17) is 9.84 Å². The van der Waals surface area contributed by atoms with Crippen LogP contribution in [-0.4, -0.2) is 42.9 Å². The van der Waals surface area contributed by atoms with Gasteiger partial charge in [-0.3, -0.25) is 0 Å². The molecule has 0 aromatic heterocycles. The van der Waals surface area contributed by atoms with Crippen LogP contribution in [0.4, 0.5) is 4.79 Å². The van der Waals surface area contributed by atoms with Crippen molar-refractivity contribution in [1.82, 2.24) is 10.6 Å². The van der Waals surface area contributed by atoms with E-state index in [2.05, 4.69) is 17.2 Å². The van der Waals surface area contributed by atoms with Crippen molar-refractivity contribution in [2.24, 2.45) is 5.41 Å². The van der Waals surface area contributed by atoms with Gasteiger partial charge < -0.3 is 20.5 Å². The number of urea groups is 1. The Balaban J connectivity index is 3.95. The zero-order chi connectivity index (χ0) is 14.9. The molecule has 1 unspecified atom stereocenters. The number of aliphatic carboxylic acids is 1. The molecule has 0 saturated carbocycles. The van der Waals surface area contributed by atoms with Crippen LogP contribution in [-0.2, 0) is 9.53 Å². The van der Waals surface area contributed by atoms with E-state index >= 15 is 0 Å². The van der Waals surface area contributed by atoms with Crippen LogP contribution < -0.4 is 10.6 Å². The van der Waals surface area contributed by atoms with Gasteiger partial charge in [0, 0.05) is 6.54 Å². The summed E-state index contributed by atoms with van der Waals surface area (Å²) >= 11 is 0. The first-order chi connectivity index (χ1) is 8.79. The number of rotatable bonds is 8. The molecule has 0 aliphatic carbocycles. The van der Waals surface area contributed by atoms with Crippen LogP contribution in [0.15, 0.2) is 12.7 Å². The van der Waals surface area contributed by atoms with Crippen LogP contribution in [0, 0.1) is 5.41 Å². The zero-order valence-corrected chi connectivity index (χ0v) is 11.9.